The number of carbonyl (C=O) groups is 1. The van der Waals surface area contributed by atoms with Gasteiger partial charge < -0.3 is 57.6 Å². The number of hydrogen-bond acceptors (Lipinski definition) is 13. The first-order chi connectivity index (χ1) is 29.1. The SMILES string of the molecule is CCC(C)[C@H]1O[C@]2(C=C[C@@H]1C)C[C@@H]1C[C@@H](C/C=C(\C)[C@@H](O[C@H]3C[C@H](OC)[C@@H](O[C@H]4C[C@H](OC)[C@@H](O)[C@H](C)O4)[C@@H](C)O3)[C@@H](C)/C=C/C=C3\CO[C@H]4C3[C@@H](C=C(C)[C@H]4O)C(=O)O1)O2. The largest absolute Gasteiger partial charge is 0.462 e. The topological polar surface area (TPSA) is 150 Å². The molecule has 0 saturated carbocycles. The highest BCUT2D eigenvalue weighted by atomic mass is 16.7. The number of hydrogen-bond donors (Lipinski definition) is 2. The molecule has 0 radical (unpaired) electrons. The van der Waals surface area contributed by atoms with Crippen molar-refractivity contribution in [2.24, 2.45) is 29.6 Å². The molecule has 7 aliphatic rings. The molecule has 0 aromatic rings. The molecule has 20 atom stereocenters. The van der Waals surface area contributed by atoms with Gasteiger partial charge in [-0.05, 0) is 62.8 Å². The Hall–Kier alpha value is -2.27. The van der Waals surface area contributed by atoms with Gasteiger partial charge in [0, 0.05) is 57.7 Å². The molecule has 2 unspecified atom stereocenters. The summed E-state index contributed by atoms with van der Waals surface area (Å²) in [6.07, 6.45) is 11.0. The van der Waals surface area contributed by atoms with Gasteiger partial charge in [-0.15, -0.1) is 0 Å². The summed E-state index contributed by atoms with van der Waals surface area (Å²) < 4.78 is 64.1. The molecule has 7 rings (SSSR count). The normalized spacial score (nSPS) is 48.5. The molecular weight excluding hydrogens is 785 g/mol. The standard InChI is InChI=1S/C48H72O13/c1-11-25(2)44-28(5)17-18-48(61-44)23-34-20-33(60-48)16-15-27(4)43(26(3)13-12-14-32-24-54-46-40(32)35(47(51)57-34)19-29(6)41(46)49)58-39-22-37(53-10)45(31(8)56-39)59-38-21-36(52-9)42(50)30(7)55-38/h12-15,17-19,25-26,28,30-31,33-46,49-50H,11,16,20-24H2,1-10H3/b13-12+,27-15+,32-14+/t25?,26-,28-,30-,31+,33+,34-,35+,36-,37-,38-,39-,40?,41+,42-,43-,44+,45-,46-,48+/m0/s1. The molecule has 0 aromatic carbocycles. The zero-order valence-electron chi connectivity index (χ0n) is 37.8. The van der Waals surface area contributed by atoms with Crippen LogP contribution in [0.3, 0.4) is 0 Å². The summed E-state index contributed by atoms with van der Waals surface area (Å²) in [6.45, 7) is 16.7. The molecule has 1 aliphatic carbocycles. The van der Waals surface area contributed by atoms with E-state index in [1.54, 1.807) is 14.2 Å². The van der Waals surface area contributed by atoms with Crippen molar-refractivity contribution < 1.29 is 62.4 Å². The molecule has 0 amide bonds. The minimum atomic E-state index is -1.04. The third-order valence-electron chi connectivity index (χ3n) is 14.3. The first-order valence-electron chi connectivity index (χ1n) is 22.8. The lowest BCUT2D eigenvalue weighted by Crippen LogP contribution is -2.55. The summed E-state index contributed by atoms with van der Waals surface area (Å²) in [5.41, 5.74) is 2.65. The van der Waals surface area contributed by atoms with Gasteiger partial charge in [0.15, 0.2) is 18.4 Å². The third-order valence-corrected chi connectivity index (χ3v) is 14.3. The minimum absolute atomic E-state index is 0.0482. The Bertz CT molecular complexity index is 1670. The van der Waals surface area contributed by atoms with Crippen LogP contribution in [0.5, 0.6) is 0 Å². The second-order valence-electron chi connectivity index (χ2n) is 18.8. The van der Waals surface area contributed by atoms with Crippen LogP contribution in [-0.2, 0) is 52.2 Å². The van der Waals surface area contributed by atoms with Crippen molar-refractivity contribution >= 4 is 5.97 Å². The number of rotatable bonds is 8. The molecule has 61 heavy (non-hydrogen) atoms. The van der Waals surface area contributed by atoms with Crippen molar-refractivity contribution in [2.45, 2.75) is 186 Å². The Balaban J connectivity index is 1.16. The molecule has 4 saturated heterocycles. The predicted molar refractivity (Wildman–Crippen MR) is 226 cm³/mol. The van der Waals surface area contributed by atoms with E-state index in [-0.39, 0.29) is 48.1 Å². The van der Waals surface area contributed by atoms with Crippen LogP contribution in [0.2, 0.25) is 0 Å². The molecule has 13 heteroatoms. The van der Waals surface area contributed by atoms with E-state index in [1.807, 2.05) is 45.1 Å². The van der Waals surface area contributed by atoms with Gasteiger partial charge in [0.2, 0.25) is 0 Å². The maximum atomic E-state index is 14.3. The minimum Gasteiger partial charge on any atom is -0.462 e. The summed E-state index contributed by atoms with van der Waals surface area (Å²) in [5, 5.41) is 21.7. The summed E-state index contributed by atoms with van der Waals surface area (Å²) in [7, 11) is 3.25. The Morgan fingerprint density at radius 3 is 2.34 bits per heavy atom. The fourth-order valence-electron chi connectivity index (χ4n) is 10.5. The van der Waals surface area contributed by atoms with Crippen molar-refractivity contribution in [1.29, 1.82) is 0 Å². The van der Waals surface area contributed by atoms with Gasteiger partial charge >= 0.3 is 5.97 Å². The molecule has 4 fully saturated rings. The summed E-state index contributed by atoms with van der Waals surface area (Å²) >= 11 is 0. The number of esters is 1. The van der Waals surface area contributed by atoms with Gasteiger partial charge in [-0.25, -0.2) is 0 Å². The van der Waals surface area contributed by atoms with Crippen LogP contribution in [0, 0.1) is 29.6 Å². The summed E-state index contributed by atoms with van der Waals surface area (Å²) in [4.78, 5) is 14.3. The van der Waals surface area contributed by atoms with E-state index in [1.165, 1.54) is 0 Å². The zero-order valence-corrected chi connectivity index (χ0v) is 37.8. The Labute approximate surface area is 362 Å². The number of fused-ring (bicyclic) bond motifs is 2. The van der Waals surface area contributed by atoms with Crippen LogP contribution in [0.1, 0.15) is 93.9 Å². The second-order valence-corrected chi connectivity index (χ2v) is 18.8. The van der Waals surface area contributed by atoms with Crippen molar-refractivity contribution in [2.75, 3.05) is 20.8 Å². The lowest BCUT2D eigenvalue weighted by Gasteiger charge is -2.48. The fraction of sp³-hybridized carbons (Fsp3) is 0.771. The van der Waals surface area contributed by atoms with Gasteiger partial charge in [0.25, 0.3) is 0 Å². The number of ether oxygens (including phenoxy) is 10. The summed E-state index contributed by atoms with van der Waals surface area (Å²) in [5.74, 6) is -1.93. The molecule has 6 aliphatic heterocycles. The van der Waals surface area contributed by atoms with Gasteiger partial charge in [0.1, 0.15) is 24.4 Å². The average molecular weight is 857 g/mol. The van der Waals surface area contributed by atoms with Gasteiger partial charge in [-0.1, -0.05) is 70.6 Å². The first-order valence-corrected chi connectivity index (χ1v) is 22.8. The maximum absolute atomic E-state index is 14.3. The fourth-order valence-corrected chi connectivity index (χ4v) is 10.5. The first kappa shape index (κ1) is 46.7. The highest BCUT2D eigenvalue weighted by molar-refractivity contribution is 5.76. The number of aliphatic hydroxyl groups excluding tert-OH is 2. The molecule has 2 N–H and O–H groups in total. The zero-order chi connectivity index (χ0) is 43.7. The number of methoxy groups -OCH3 is 2. The lowest BCUT2D eigenvalue weighted by molar-refractivity contribution is -0.318. The average Bonchev–Trinajstić information content (AvgIpc) is 3.66. The Morgan fingerprint density at radius 2 is 1.61 bits per heavy atom. The van der Waals surface area contributed by atoms with Crippen molar-refractivity contribution in [3.63, 3.8) is 0 Å². The molecule has 6 heterocycles. The van der Waals surface area contributed by atoms with E-state index in [0.29, 0.717) is 50.2 Å². The lowest BCUT2D eigenvalue weighted by atomic mass is 9.75. The Kier molecular flexibility index (Phi) is 15.2. The smallest absolute Gasteiger partial charge is 0.313 e. The van der Waals surface area contributed by atoms with E-state index in [4.69, 9.17) is 47.4 Å². The monoisotopic (exact) mass is 856 g/mol. The van der Waals surface area contributed by atoms with E-state index in [9.17, 15) is 15.0 Å². The van der Waals surface area contributed by atoms with Crippen molar-refractivity contribution in [3.8, 4) is 0 Å². The van der Waals surface area contributed by atoms with Gasteiger partial charge in [-0.3, -0.25) is 4.79 Å². The van der Waals surface area contributed by atoms with Crippen molar-refractivity contribution in [3.05, 3.63) is 59.3 Å². The van der Waals surface area contributed by atoms with Crippen LogP contribution in [0.25, 0.3) is 0 Å². The highest BCUT2D eigenvalue weighted by Crippen LogP contribution is 2.45. The molecular formula is C48H72O13. The van der Waals surface area contributed by atoms with Gasteiger partial charge in [-0.2, -0.15) is 0 Å². The van der Waals surface area contributed by atoms with Crippen LogP contribution < -0.4 is 0 Å². The van der Waals surface area contributed by atoms with Crippen molar-refractivity contribution in [1.82, 2.24) is 0 Å². The second kappa shape index (κ2) is 19.9. The molecule has 13 nitrogen and oxygen atoms in total. The molecule has 2 bridgehead atoms. The van der Waals surface area contributed by atoms with Crippen LogP contribution in [-0.4, -0.2) is 129 Å². The molecule has 0 aromatic heterocycles. The maximum Gasteiger partial charge on any atom is 0.313 e. The van der Waals surface area contributed by atoms with E-state index in [0.717, 1.165) is 17.6 Å². The van der Waals surface area contributed by atoms with E-state index < -0.39 is 73.1 Å². The molecule has 342 valence electrons. The summed E-state index contributed by atoms with van der Waals surface area (Å²) in [6, 6.07) is 0. The van der Waals surface area contributed by atoms with E-state index in [2.05, 4.69) is 52.8 Å². The number of aliphatic hydroxyl groups is 2. The van der Waals surface area contributed by atoms with Crippen LogP contribution >= 0.6 is 0 Å². The van der Waals surface area contributed by atoms with Crippen LogP contribution in [0.15, 0.2) is 59.3 Å². The molecule has 1 spiro atoms. The Morgan fingerprint density at radius 1 is 0.885 bits per heavy atom. The quantitative estimate of drug-likeness (QED) is 0.209. The van der Waals surface area contributed by atoms with Crippen LogP contribution in [0.4, 0.5) is 0 Å². The highest BCUT2D eigenvalue weighted by Gasteiger charge is 2.51. The predicted octanol–water partition coefficient (Wildman–Crippen LogP) is 6.26. The third kappa shape index (κ3) is 10.2. The number of carbonyl (C=O) groups excluding carboxylic acids is 1. The number of allylic oxidation sites excluding steroid dienone is 2. The van der Waals surface area contributed by atoms with E-state index >= 15 is 0 Å². The van der Waals surface area contributed by atoms with Gasteiger partial charge in [0.05, 0.1) is 61.4 Å².